The van der Waals surface area contributed by atoms with Gasteiger partial charge in [0.25, 0.3) is 0 Å². The zero-order valence-electron chi connectivity index (χ0n) is 19.0. The van der Waals surface area contributed by atoms with Gasteiger partial charge in [0.05, 0.1) is 30.2 Å². The van der Waals surface area contributed by atoms with Gasteiger partial charge in [-0.1, -0.05) is 36.4 Å². The maximum absolute atomic E-state index is 13.6. The minimum Gasteiger partial charge on any atom is -0.497 e. The molecule has 7 heteroatoms. The van der Waals surface area contributed by atoms with Crippen LogP contribution in [0.25, 0.3) is 0 Å². The highest BCUT2D eigenvalue weighted by Crippen LogP contribution is 2.57. The number of carbonyl (C=O) groups excluding carboxylic acids is 2. The molecule has 3 aliphatic rings. The Labute approximate surface area is 197 Å². The molecular weight excluding hydrogens is 434 g/mol. The lowest BCUT2D eigenvalue weighted by Gasteiger charge is -2.54. The molecule has 2 aromatic carbocycles. The number of amides is 2. The first-order chi connectivity index (χ1) is 15.9. The smallest absolute Gasteiger partial charge is 0.234 e. The number of thiazole rings is 1. The molecule has 1 aliphatic carbocycles. The molecule has 1 fully saturated rings. The van der Waals surface area contributed by atoms with E-state index in [1.54, 1.807) is 7.11 Å². The van der Waals surface area contributed by atoms with Crippen molar-refractivity contribution >= 4 is 28.3 Å². The van der Waals surface area contributed by atoms with E-state index < -0.39 is 5.41 Å². The molecule has 6 rings (SSSR count). The fraction of sp³-hybridized carbons (Fsp3) is 0.346. The van der Waals surface area contributed by atoms with Gasteiger partial charge >= 0.3 is 0 Å². The van der Waals surface area contributed by atoms with Crippen LogP contribution in [-0.2, 0) is 16.0 Å². The average Bonchev–Trinajstić information content (AvgIpc) is 3.27. The molecule has 170 valence electrons. The van der Waals surface area contributed by atoms with Crippen LogP contribution in [0.1, 0.15) is 54.6 Å². The highest BCUT2D eigenvalue weighted by molar-refractivity contribution is 7.13. The number of benzene rings is 2. The highest BCUT2D eigenvalue weighted by atomic mass is 32.1. The maximum Gasteiger partial charge on any atom is 0.234 e. The number of ether oxygens (including phenoxy) is 1. The number of fused-ring (bicyclic) bond motifs is 2. The van der Waals surface area contributed by atoms with Crippen LogP contribution >= 0.6 is 11.3 Å². The van der Waals surface area contributed by atoms with Crippen LogP contribution in [0.4, 0.5) is 5.13 Å². The van der Waals surface area contributed by atoms with Gasteiger partial charge in [-0.25, -0.2) is 4.98 Å². The van der Waals surface area contributed by atoms with E-state index in [0.29, 0.717) is 24.5 Å². The van der Waals surface area contributed by atoms with Crippen molar-refractivity contribution in [3.63, 3.8) is 0 Å². The quantitative estimate of drug-likeness (QED) is 0.574. The molecule has 0 spiro atoms. The van der Waals surface area contributed by atoms with E-state index in [1.807, 2.05) is 66.6 Å². The number of rotatable bonds is 6. The molecular formula is C26H27N3O3S. The fourth-order valence-electron chi connectivity index (χ4n) is 5.32. The van der Waals surface area contributed by atoms with E-state index in [0.717, 1.165) is 28.1 Å². The third kappa shape index (κ3) is 3.60. The molecule has 3 atom stereocenters. The molecule has 1 N–H and O–H groups in total. The van der Waals surface area contributed by atoms with Crippen LogP contribution in [0.2, 0.25) is 0 Å². The molecule has 33 heavy (non-hydrogen) atoms. The van der Waals surface area contributed by atoms with Crippen molar-refractivity contribution in [3.8, 4) is 5.75 Å². The Balaban J connectivity index is 1.36. The number of aromatic nitrogens is 1. The summed E-state index contributed by atoms with van der Waals surface area (Å²) in [4.78, 5) is 33.2. The zero-order chi connectivity index (χ0) is 23.2. The summed E-state index contributed by atoms with van der Waals surface area (Å²) in [6.07, 6.45) is 1.20. The van der Waals surface area contributed by atoms with Crippen molar-refractivity contribution in [1.29, 1.82) is 0 Å². The molecule has 0 saturated carbocycles. The molecule has 2 aliphatic heterocycles. The van der Waals surface area contributed by atoms with Gasteiger partial charge in [0.2, 0.25) is 11.8 Å². The summed E-state index contributed by atoms with van der Waals surface area (Å²) in [5.74, 6) is 0.593. The number of likely N-dealkylation sites (N-methyl/N-ethyl adjacent to an activating group) is 1. The van der Waals surface area contributed by atoms with Crippen LogP contribution in [0.5, 0.6) is 5.75 Å². The normalized spacial score (nSPS) is 23.4. The number of nitrogens with one attached hydrogen (secondary N) is 1. The van der Waals surface area contributed by atoms with Gasteiger partial charge < -0.3 is 15.0 Å². The molecule has 0 radical (unpaired) electrons. The number of nitrogens with zero attached hydrogens (tertiary/aromatic N) is 2. The summed E-state index contributed by atoms with van der Waals surface area (Å²) in [6.45, 7) is 4.54. The Morgan fingerprint density at radius 2 is 1.94 bits per heavy atom. The van der Waals surface area contributed by atoms with Gasteiger partial charge in [0.15, 0.2) is 5.13 Å². The molecule has 2 amide bonds. The lowest BCUT2D eigenvalue weighted by atomic mass is 9.60. The largest absolute Gasteiger partial charge is 0.497 e. The van der Waals surface area contributed by atoms with Crippen molar-refractivity contribution in [2.45, 2.75) is 38.6 Å². The number of hydrogen-bond donors (Lipinski definition) is 1. The number of carbonyl (C=O) groups is 2. The first kappa shape index (κ1) is 21.6. The van der Waals surface area contributed by atoms with Gasteiger partial charge in [-0.15, -0.1) is 11.3 Å². The third-order valence-electron chi connectivity index (χ3n) is 6.97. The summed E-state index contributed by atoms with van der Waals surface area (Å²) in [6, 6.07) is 15.7. The minimum atomic E-state index is -0.718. The van der Waals surface area contributed by atoms with Crippen LogP contribution in [0.15, 0.2) is 53.9 Å². The number of piperidine rings is 1. The predicted octanol–water partition coefficient (Wildman–Crippen LogP) is 4.78. The summed E-state index contributed by atoms with van der Waals surface area (Å²) in [7, 11) is 1.65. The van der Waals surface area contributed by atoms with Crippen LogP contribution < -0.4 is 10.1 Å². The Hall–Kier alpha value is -3.19. The minimum absolute atomic E-state index is 0.0803. The monoisotopic (exact) mass is 461 g/mol. The van der Waals surface area contributed by atoms with Crippen molar-refractivity contribution < 1.29 is 14.3 Å². The van der Waals surface area contributed by atoms with Gasteiger partial charge in [-0.3, -0.25) is 9.59 Å². The molecule has 2 bridgehead atoms. The Bertz CT molecular complexity index is 1210. The average molecular weight is 462 g/mol. The Morgan fingerprint density at radius 1 is 1.21 bits per heavy atom. The first-order valence-corrected chi connectivity index (χ1v) is 12.1. The second-order valence-electron chi connectivity index (χ2n) is 8.95. The molecule has 3 aromatic rings. The van der Waals surface area contributed by atoms with E-state index in [2.05, 4.69) is 16.4 Å². The van der Waals surface area contributed by atoms with Crippen molar-refractivity contribution in [3.05, 3.63) is 76.3 Å². The lowest BCUT2D eigenvalue weighted by molar-refractivity contribution is -0.153. The SMILES string of the molecule is CCN1C(=O)C2CC(C)(C(=O)Nc3nc(Cc4ccc(OC)cc4)cs3)C1c1ccccc12. The van der Waals surface area contributed by atoms with E-state index >= 15 is 0 Å². The molecule has 1 aromatic heterocycles. The second kappa shape index (κ2) is 8.30. The Morgan fingerprint density at radius 3 is 2.64 bits per heavy atom. The summed E-state index contributed by atoms with van der Waals surface area (Å²) in [5.41, 5.74) is 3.48. The van der Waals surface area contributed by atoms with Gasteiger partial charge in [0.1, 0.15) is 5.75 Å². The van der Waals surface area contributed by atoms with Crippen molar-refractivity contribution in [1.82, 2.24) is 9.88 Å². The van der Waals surface area contributed by atoms with Crippen LogP contribution in [0, 0.1) is 5.41 Å². The van der Waals surface area contributed by atoms with E-state index in [-0.39, 0.29) is 23.8 Å². The molecule has 6 nitrogen and oxygen atoms in total. The van der Waals surface area contributed by atoms with Crippen LogP contribution in [-0.4, -0.2) is 35.4 Å². The standard InChI is InChI=1S/C26H27N3O3S/c1-4-29-22-20-8-6-5-7-19(20)21(23(29)30)14-26(22,2)24(31)28-25-27-17(15-33-25)13-16-9-11-18(32-3)12-10-16/h5-12,15,21-22H,4,13-14H2,1-3H3,(H,27,28,31). The zero-order valence-corrected chi connectivity index (χ0v) is 19.8. The Kier molecular flexibility index (Phi) is 5.44. The van der Waals surface area contributed by atoms with E-state index in [1.165, 1.54) is 11.3 Å². The topological polar surface area (TPSA) is 71.5 Å². The molecule has 3 heterocycles. The van der Waals surface area contributed by atoms with Crippen molar-refractivity contribution in [2.75, 3.05) is 19.0 Å². The summed E-state index contributed by atoms with van der Waals surface area (Å²) >= 11 is 1.43. The third-order valence-corrected chi connectivity index (χ3v) is 7.77. The van der Waals surface area contributed by atoms with Gasteiger partial charge in [-0.2, -0.15) is 0 Å². The number of hydrogen-bond acceptors (Lipinski definition) is 5. The predicted molar refractivity (Wildman–Crippen MR) is 129 cm³/mol. The number of anilines is 1. The van der Waals surface area contributed by atoms with Crippen molar-refractivity contribution in [2.24, 2.45) is 5.41 Å². The van der Waals surface area contributed by atoms with Gasteiger partial charge in [0, 0.05) is 18.3 Å². The van der Waals surface area contributed by atoms with E-state index in [9.17, 15) is 9.59 Å². The lowest BCUT2D eigenvalue weighted by Crippen LogP contribution is -2.58. The molecule has 1 saturated heterocycles. The fourth-order valence-corrected chi connectivity index (χ4v) is 6.02. The number of methoxy groups -OCH3 is 1. The molecule has 3 unspecified atom stereocenters. The van der Waals surface area contributed by atoms with Gasteiger partial charge in [-0.05, 0) is 49.1 Å². The van der Waals surface area contributed by atoms with Crippen LogP contribution in [0.3, 0.4) is 0 Å². The highest BCUT2D eigenvalue weighted by Gasteiger charge is 2.58. The van der Waals surface area contributed by atoms with E-state index in [4.69, 9.17) is 4.74 Å². The second-order valence-corrected chi connectivity index (χ2v) is 9.81. The maximum atomic E-state index is 13.6. The summed E-state index contributed by atoms with van der Waals surface area (Å²) in [5, 5.41) is 5.63. The first-order valence-electron chi connectivity index (χ1n) is 11.2. The summed E-state index contributed by atoms with van der Waals surface area (Å²) < 4.78 is 5.21.